The zero-order valence-corrected chi connectivity index (χ0v) is 24.3. The highest BCUT2D eigenvalue weighted by molar-refractivity contribution is 7.99. The summed E-state index contributed by atoms with van der Waals surface area (Å²) < 4.78 is 11.3. The first kappa shape index (κ1) is 33.3. The number of thioether (sulfide) groups is 1. The molecule has 0 aromatic heterocycles. The predicted molar refractivity (Wildman–Crippen MR) is 155 cm³/mol. The van der Waals surface area contributed by atoms with E-state index < -0.39 is 67.0 Å². The lowest BCUT2D eigenvalue weighted by Gasteiger charge is -2.46. The Kier molecular flexibility index (Phi) is 12.2. The molecule has 0 spiro atoms. The molecule has 0 bridgehead atoms. The lowest BCUT2D eigenvalue weighted by Crippen LogP contribution is -2.68. The number of aliphatic hydroxyl groups is 3. The largest absolute Gasteiger partial charge is 0.508 e. The van der Waals surface area contributed by atoms with Crippen LogP contribution >= 0.6 is 11.8 Å². The molecule has 1 saturated heterocycles. The van der Waals surface area contributed by atoms with Gasteiger partial charge in [-0.1, -0.05) is 31.2 Å². The van der Waals surface area contributed by atoms with Crippen molar-refractivity contribution in [1.82, 2.24) is 10.6 Å². The second-order valence-electron chi connectivity index (χ2n) is 9.93. The van der Waals surface area contributed by atoms with Gasteiger partial charge in [0.1, 0.15) is 18.0 Å². The van der Waals surface area contributed by atoms with E-state index in [1.54, 1.807) is 60.3 Å². The van der Waals surface area contributed by atoms with Crippen molar-refractivity contribution in [3.63, 3.8) is 0 Å². The number of amides is 2. The number of hydrogen-bond donors (Lipinski definition) is 7. The number of nitrogens with one attached hydrogen (secondary N) is 2. The van der Waals surface area contributed by atoms with Gasteiger partial charge >= 0.3 is 5.97 Å². The molecule has 3 rings (SSSR count). The molecule has 2 aromatic rings. The lowest BCUT2D eigenvalue weighted by molar-refractivity contribution is -0.310. The summed E-state index contributed by atoms with van der Waals surface area (Å²) in [4.78, 5) is 36.8. The van der Waals surface area contributed by atoms with Crippen LogP contribution in [0.2, 0.25) is 0 Å². The predicted octanol–water partition coefficient (Wildman–Crippen LogP) is 1.11. The van der Waals surface area contributed by atoms with E-state index in [2.05, 4.69) is 10.6 Å². The number of aliphatic carboxylic acids is 1. The number of aromatic hydroxyl groups is 1. The highest BCUT2D eigenvalue weighted by Gasteiger charge is 2.55. The van der Waals surface area contributed by atoms with Gasteiger partial charge in [0.25, 0.3) is 11.7 Å². The zero-order chi connectivity index (χ0) is 30.9. The Labute approximate surface area is 248 Å². The number of rotatable bonds is 14. The average Bonchev–Trinajstić information content (AvgIpc) is 2.96. The Morgan fingerprint density at radius 1 is 1.10 bits per heavy atom. The van der Waals surface area contributed by atoms with Gasteiger partial charge in [0.05, 0.1) is 24.9 Å². The van der Waals surface area contributed by atoms with Crippen LogP contribution in [-0.2, 0) is 19.1 Å². The number of benzene rings is 2. The van der Waals surface area contributed by atoms with Crippen LogP contribution in [0.1, 0.15) is 37.0 Å². The summed E-state index contributed by atoms with van der Waals surface area (Å²) in [5, 5.41) is 56.9. The maximum Gasteiger partial charge on any atom is 0.364 e. The number of phenols is 1. The maximum absolute atomic E-state index is 12.7. The standard InChI is InChI=1S/C29H38N2O10S/c1-3-42-14-4-13-40-29(28(38)39)15-22(34)24(31-17(2)32)26(41-29)25(36)23(35)16-30-27(37)20-7-5-18(6-8-20)19-9-11-21(33)12-10-19/h5-12,22-26,33-36H,3-4,13-16H2,1-2H3,(H,30,37)(H,31,32)(H,38,39)/t22-,23+,24+,25+,26+,29+/m0/s1. The van der Waals surface area contributed by atoms with Gasteiger partial charge in [-0.05, 0) is 53.3 Å². The van der Waals surface area contributed by atoms with E-state index in [-0.39, 0.29) is 17.9 Å². The van der Waals surface area contributed by atoms with Crippen LogP contribution in [0.3, 0.4) is 0 Å². The quantitative estimate of drug-likeness (QED) is 0.152. The van der Waals surface area contributed by atoms with E-state index >= 15 is 0 Å². The highest BCUT2D eigenvalue weighted by atomic mass is 32.2. The molecule has 7 N–H and O–H groups in total. The molecule has 1 aliphatic rings. The van der Waals surface area contributed by atoms with Crippen LogP contribution in [0.25, 0.3) is 11.1 Å². The monoisotopic (exact) mass is 606 g/mol. The zero-order valence-electron chi connectivity index (χ0n) is 23.4. The molecule has 0 radical (unpaired) electrons. The van der Waals surface area contributed by atoms with E-state index in [1.807, 2.05) is 6.92 Å². The van der Waals surface area contributed by atoms with Gasteiger partial charge in [-0.25, -0.2) is 4.79 Å². The second-order valence-corrected chi connectivity index (χ2v) is 11.3. The maximum atomic E-state index is 12.7. The normalized spacial score (nSPS) is 23.5. The van der Waals surface area contributed by atoms with Gasteiger partial charge in [0.2, 0.25) is 5.91 Å². The van der Waals surface area contributed by atoms with Crippen LogP contribution in [-0.4, -0.2) is 104 Å². The molecule has 1 heterocycles. The fraction of sp³-hybridized carbons (Fsp3) is 0.483. The molecular weight excluding hydrogens is 568 g/mol. The number of carboxylic acids is 1. The minimum Gasteiger partial charge on any atom is -0.508 e. The molecule has 1 aliphatic heterocycles. The van der Waals surface area contributed by atoms with Gasteiger partial charge < -0.3 is 45.6 Å². The van der Waals surface area contributed by atoms with Crippen molar-refractivity contribution >= 4 is 29.5 Å². The minimum absolute atomic E-state index is 0.00375. The fourth-order valence-electron chi connectivity index (χ4n) is 4.60. The minimum atomic E-state index is -2.32. The van der Waals surface area contributed by atoms with Crippen molar-refractivity contribution < 1.29 is 49.4 Å². The van der Waals surface area contributed by atoms with Crippen molar-refractivity contribution in [2.24, 2.45) is 0 Å². The van der Waals surface area contributed by atoms with Crippen molar-refractivity contribution in [2.75, 3.05) is 24.7 Å². The summed E-state index contributed by atoms with van der Waals surface area (Å²) in [7, 11) is 0. The first-order valence-corrected chi connectivity index (χ1v) is 14.7. The third kappa shape index (κ3) is 8.66. The molecular formula is C29H38N2O10S. The number of phenolic OH excluding ortho intramolecular Hbond substituents is 1. The van der Waals surface area contributed by atoms with Crippen molar-refractivity contribution in [2.45, 2.75) is 62.9 Å². The molecule has 230 valence electrons. The van der Waals surface area contributed by atoms with Crippen LogP contribution in [0.4, 0.5) is 0 Å². The van der Waals surface area contributed by atoms with Crippen molar-refractivity contribution in [3.8, 4) is 16.9 Å². The van der Waals surface area contributed by atoms with E-state index in [0.717, 1.165) is 16.9 Å². The van der Waals surface area contributed by atoms with Gasteiger partial charge in [-0.15, -0.1) is 0 Å². The Balaban J connectivity index is 1.68. The summed E-state index contributed by atoms with van der Waals surface area (Å²) in [6.45, 7) is 2.73. The third-order valence-corrected chi connectivity index (χ3v) is 7.78. The van der Waals surface area contributed by atoms with Gasteiger partial charge in [0, 0.05) is 25.5 Å². The SMILES string of the molecule is CCSCCCO[C@]1(C(=O)O)C[C@H](O)[C@@H](NC(C)=O)[C@H]([C@H](O)[C@H](O)CNC(=O)c2ccc(-c3ccc(O)cc3)cc2)O1. The molecule has 13 heteroatoms. The third-order valence-electron chi connectivity index (χ3n) is 6.79. The van der Waals surface area contributed by atoms with E-state index in [9.17, 15) is 39.9 Å². The smallest absolute Gasteiger partial charge is 0.364 e. The van der Waals surface area contributed by atoms with Crippen LogP contribution < -0.4 is 10.6 Å². The molecule has 42 heavy (non-hydrogen) atoms. The van der Waals surface area contributed by atoms with Crippen LogP contribution in [0.5, 0.6) is 5.75 Å². The van der Waals surface area contributed by atoms with Crippen LogP contribution in [0.15, 0.2) is 48.5 Å². The number of ether oxygens (including phenoxy) is 2. The van der Waals surface area contributed by atoms with Crippen molar-refractivity contribution in [1.29, 1.82) is 0 Å². The summed E-state index contributed by atoms with van der Waals surface area (Å²) in [6.07, 6.45) is -6.58. The molecule has 12 nitrogen and oxygen atoms in total. The van der Waals surface area contributed by atoms with E-state index in [1.165, 1.54) is 6.92 Å². The Bertz CT molecular complexity index is 1200. The van der Waals surface area contributed by atoms with Gasteiger partial charge in [-0.3, -0.25) is 9.59 Å². The van der Waals surface area contributed by atoms with Crippen LogP contribution in [0, 0.1) is 0 Å². The molecule has 0 unspecified atom stereocenters. The lowest BCUT2D eigenvalue weighted by atomic mass is 9.88. The van der Waals surface area contributed by atoms with Crippen molar-refractivity contribution in [3.05, 3.63) is 54.1 Å². The number of aliphatic hydroxyl groups excluding tert-OH is 3. The second kappa shape index (κ2) is 15.3. The molecule has 2 amide bonds. The molecule has 2 aromatic carbocycles. The van der Waals surface area contributed by atoms with Gasteiger partial charge in [-0.2, -0.15) is 11.8 Å². The average molecular weight is 607 g/mol. The molecule has 0 aliphatic carbocycles. The Morgan fingerprint density at radius 2 is 1.71 bits per heavy atom. The first-order valence-electron chi connectivity index (χ1n) is 13.6. The molecule has 1 fully saturated rings. The van der Waals surface area contributed by atoms with E-state index in [0.29, 0.717) is 12.2 Å². The number of carboxylic acid groups (broad SMARTS) is 1. The number of carbonyl (C=O) groups excluding carboxylic acids is 2. The topological polar surface area (TPSA) is 195 Å². The Hall–Kier alpha value is -3.20. The summed E-state index contributed by atoms with van der Waals surface area (Å²) in [5.41, 5.74) is 1.93. The fourth-order valence-corrected chi connectivity index (χ4v) is 5.21. The van der Waals surface area contributed by atoms with Gasteiger partial charge in [0.15, 0.2) is 0 Å². The summed E-state index contributed by atoms with van der Waals surface area (Å²) >= 11 is 1.64. The number of carbonyl (C=O) groups is 3. The van der Waals surface area contributed by atoms with E-state index in [4.69, 9.17) is 9.47 Å². The summed E-state index contributed by atoms with van der Waals surface area (Å²) in [5.74, 6) is -3.23. The molecule has 6 atom stereocenters. The Morgan fingerprint density at radius 3 is 2.29 bits per heavy atom. The first-order chi connectivity index (χ1) is 20.0. The highest BCUT2D eigenvalue weighted by Crippen LogP contribution is 2.34. The molecule has 0 saturated carbocycles. The summed E-state index contributed by atoms with van der Waals surface area (Å²) in [6, 6.07) is 11.9. The number of hydrogen-bond acceptors (Lipinski definition) is 10.